The van der Waals surface area contributed by atoms with Gasteiger partial charge in [0, 0.05) is 13.1 Å². The minimum Gasteiger partial charge on any atom is -0.354 e. The van der Waals surface area contributed by atoms with Crippen LogP contribution in [0.4, 0.5) is 5.69 Å². The van der Waals surface area contributed by atoms with Gasteiger partial charge in [0.15, 0.2) is 0 Å². The zero-order valence-corrected chi connectivity index (χ0v) is 25.5. The number of carbonyl (C=O) groups excluding carboxylic acids is 2. The zero-order chi connectivity index (χ0) is 29.4. The molecule has 0 aromatic heterocycles. The molecule has 7 nitrogen and oxygen atoms in total. The van der Waals surface area contributed by atoms with E-state index < -0.39 is 28.5 Å². The van der Waals surface area contributed by atoms with Gasteiger partial charge in [-0.15, -0.1) is 0 Å². The first-order chi connectivity index (χ1) is 19.0. The molecule has 1 atom stereocenters. The molecule has 3 rings (SSSR count). The van der Waals surface area contributed by atoms with E-state index in [1.165, 1.54) is 17.0 Å². The second-order valence-electron chi connectivity index (χ2n) is 9.66. The zero-order valence-electron chi connectivity index (χ0n) is 23.2. The maximum absolute atomic E-state index is 14.1. The Morgan fingerprint density at radius 2 is 1.55 bits per heavy atom. The van der Waals surface area contributed by atoms with Crippen LogP contribution in [-0.4, -0.2) is 44.3 Å². The van der Waals surface area contributed by atoms with E-state index in [1.807, 2.05) is 33.8 Å². The highest BCUT2D eigenvalue weighted by atomic mass is 35.5. The molecule has 3 aromatic carbocycles. The third kappa shape index (κ3) is 7.77. The van der Waals surface area contributed by atoms with Crippen LogP contribution in [0.2, 0.25) is 10.0 Å². The van der Waals surface area contributed by atoms with Gasteiger partial charge in [0.25, 0.3) is 10.0 Å². The maximum Gasteiger partial charge on any atom is 0.264 e. The monoisotopic (exact) mass is 603 g/mol. The third-order valence-electron chi connectivity index (χ3n) is 6.38. The second kappa shape index (κ2) is 14.0. The van der Waals surface area contributed by atoms with Crippen LogP contribution in [0.25, 0.3) is 0 Å². The Morgan fingerprint density at radius 1 is 0.900 bits per heavy atom. The number of nitrogens with zero attached hydrogens (tertiary/aromatic N) is 2. The highest BCUT2D eigenvalue weighted by molar-refractivity contribution is 7.92. The minimum atomic E-state index is -4.12. The van der Waals surface area contributed by atoms with E-state index in [-0.39, 0.29) is 17.3 Å². The number of rotatable bonds is 12. The molecule has 40 heavy (non-hydrogen) atoms. The van der Waals surface area contributed by atoms with E-state index in [4.69, 9.17) is 23.2 Å². The summed E-state index contributed by atoms with van der Waals surface area (Å²) in [4.78, 5) is 28.7. The molecule has 1 N–H and O–H groups in total. The van der Waals surface area contributed by atoms with E-state index in [9.17, 15) is 18.0 Å². The Morgan fingerprint density at radius 3 is 2.12 bits per heavy atom. The van der Waals surface area contributed by atoms with E-state index in [1.54, 1.807) is 48.5 Å². The standard InChI is InChI=1S/C30H35Cl2N3O4S/c1-5-14-33-30(37)28(6-2)34(19-23-12-13-26(31)27(32)18-23)29(36)20-35(24-16-21(3)15-22(4)17-24)40(38,39)25-10-8-7-9-11-25/h7-13,15-18,28H,5-6,14,19-20H2,1-4H3,(H,33,37)/t28-/m0/s1. The molecule has 2 amide bonds. The Hall–Kier alpha value is -3.07. The van der Waals surface area contributed by atoms with Crippen molar-refractivity contribution in [2.45, 2.75) is 58.0 Å². The van der Waals surface area contributed by atoms with Crippen LogP contribution < -0.4 is 9.62 Å². The number of hydrogen-bond donors (Lipinski definition) is 1. The van der Waals surface area contributed by atoms with Gasteiger partial charge in [0.2, 0.25) is 11.8 Å². The number of halogens is 2. The van der Waals surface area contributed by atoms with E-state index in [2.05, 4.69) is 5.32 Å². The summed E-state index contributed by atoms with van der Waals surface area (Å²) >= 11 is 12.3. The first-order valence-electron chi connectivity index (χ1n) is 13.1. The van der Waals surface area contributed by atoms with Gasteiger partial charge in [-0.25, -0.2) is 8.42 Å². The van der Waals surface area contributed by atoms with Gasteiger partial charge in [-0.2, -0.15) is 0 Å². The first-order valence-corrected chi connectivity index (χ1v) is 15.3. The van der Waals surface area contributed by atoms with Crippen molar-refractivity contribution < 1.29 is 18.0 Å². The van der Waals surface area contributed by atoms with Gasteiger partial charge in [-0.05, 0) is 79.8 Å². The molecular formula is C30H35Cl2N3O4S. The normalized spacial score (nSPS) is 12.1. The first kappa shape index (κ1) is 31.5. The number of carbonyl (C=O) groups is 2. The summed E-state index contributed by atoms with van der Waals surface area (Å²) in [6.45, 7) is 7.49. The van der Waals surface area contributed by atoms with Gasteiger partial charge in [-0.3, -0.25) is 13.9 Å². The summed E-state index contributed by atoms with van der Waals surface area (Å²) in [6, 6.07) is 17.6. The van der Waals surface area contributed by atoms with Crippen LogP contribution in [0.15, 0.2) is 71.6 Å². The van der Waals surface area contributed by atoms with Crippen LogP contribution in [-0.2, 0) is 26.2 Å². The molecule has 214 valence electrons. The summed E-state index contributed by atoms with van der Waals surface area (Å²) in [5.74, 6) is -0.829. The van der Waals surface area contributed by atoms with Crippen LogP contribution >= 0.6 is 23.2 Å². The van der Waals surface area contributed by atoms with E-state index >= 15 is 0 Å². The molecule has 0 aliphatic heterocycles. The molecule has 0 fully saturated rings. The lowest BCUT2D eigenvalue weighted by Gasteiger charge is -2.33. The van der Waals surface area contributed by atoms with Crippen LogP contribution in [0.3, 0.4) is 0 Å². The highest BCUT2D eigenvalue weighted by Gasteiger charge is 2.33. The minimum absolute atomic E-state index is 0.0415. The van der Waals surface area contributed by atoms with Gasteiger partial charge in [0.1, 0.15) is 12.6 Å². The summed E-state index contributed by atoms with van der Waals surface area (Å²) in [6.07, 6.45) is 1.07. The number of amides is 2. The predicted molar refractivity (Wildman–Crippen MR) is 161 cm³/mol. The van der Waals surface area contributed by atoms with Crippen LogP contribution in [0, 0.1) is 13.8 Å². The van der Waals surface area contributed by atoms with Gasteiger partial charge >= 0.3 is 0 Å². The summed E-state index contributed by atoms with van der Waals surface area (Å²) in [5.41, 5.74) is 2.74. The maximum atomic E-state index is 14.1. The topological polar surface area (TPSA) is 86.8 Å². The fourth-order valence-electron chi connectivity index (χ4n) is 4.46. The van der Waals surface area contributed by atoms with Crippen molar-refractivity contribution in [2.24, 2.45) is 0 Å². The van der Waals surface area contributed by atoms with E-state index in [0.29, 0.717) is 34.3 Å². The van der Waals surface area contributed by atoms with Gasteiger partial charge in [0.05, 0.1) is 20.6 Å². The molecule has 0 bridgehead atoms. The number of benzene rings is 3. The number of nitrogens with one attached hydrogen (secondary N) is 1. The molecule has 10 heteroatoms. The lowest BCUT2D eigenvalue weighted by atomic mass is 10.1. The largest absolute Gasteiger partial charge is 0.354 e. The van der Waals surface area contributed by atoms with Crippen molar-refractivity contribution in [3.05, 3.63) is 93.5 Å². The average Bonchev–Trinajstić information content (AvgIpc) is 2.92. The van der Waals surface area contributed by atoms with Gasteiger partial charge < -0.3 is 10.2 Å². The SMILES string of the molecule is CCCNC(=O)[C@H](CC)N(Cc1ccc(Cl)c(Cl)c1)C(=O)CN(c1cc(C)cc(C)c1)S(=O)(=O)c1ccccc1. The quantitative estimate of drug-likeness (QED) is 0.269. The number of hydrogen-bond acceptors (Lipinski definition) is 4. The molecule has 0 heterocycles. The highest BCUT2D eigenvalue weighted by Crippen LogP contribution is 2.28. The fourth-order valence-corrected chi connectivity index (χ4v) is 6.20. The number of anilines is 1. The second-order valence-corrected chi connectivity index (χ2v) is 12.3. The average molecular weight is 605 g/mol. The van der Waals surface area contributed by atoms with Crippen molar-refractivity contribution in [3.8, 4) is 0 Å². The third-order valence-corrected chi connectivity index (χ3v) is 8.90. The summed E-state index contributed by atoms with van der Waals surface area (Å²) < 4.78 is 28.9. The van der Waals surface area contributed by atoms with Crippen LogP contribution in [0.1, 0.15) is 43.4 Å². The molecule has 0 spiro atoms. The molecule has 3 aromatic rings. The summed E-state index contributed by atoms with van der Waals surface area (Å²) in [7, 11) is -4.12. The number of aryl methyl sites for hydroxylation is 2. The van der Waals surface area contributed by atoms with Crippen molar-refractivity contribution in [3.63, 3.8) is 0 Å². The number of sulfonamides is 1. The van der Waals surface area contributed by atoms with Crippen molar-refractivity contribution in [1.82, 2.24) is 10.2 Å². The molecule has 0 unspecified atom stereocenters. The molecule has 0 radical (unpaired) electrons. The fraction of sp³-hybridized carbons (Fsp3) is 0.333. The van der Waals surface area contributed by atoms with Crippen LogP contribution in [0.5, 0.6) is 0 Å². The van der Waals surface area contributed by atoms with Gasteiger partial charge in [-0.1, -0.05) is 67.4 Å². The molecule has 0 aliphatic rings. The Balaban J connectivity index is 2.08. The molecule has 0 saturated heterocycles. The van der Waals surface area contributed by atoms with Crippen molar-refractivity contribution in [2.75, 3.05) is 17.4 Å². The lowest BCUT2D eigenvalue weighted by Crippen LogP contribution is -2.52. The molecule has 0 aliphatic carbocycles. The van der Waals surface area contributed by atoms with Crippen molar-refractivity contribution in [1.29, 1.82) is 0 Å². The Labute approximate surface area is 247 Å². The lowest BCUT2D eigenvalue weighted by molar-refractivity contribution is -0.140. The Bertz CT molecular complexity index is 1430. The Kier molecular flexibility index (Phi) is 11.0. The van der Waals surface area contributed by atoms with E-state index in [0.717, 1.165) is 21.9 Å². The molecule has 0 saturated carbocycles. The van der Waals surface area contributed by atoms with Crippen molar-refractivity contribution >= 4 is 50.7 Å². The predicted octanol–water partition coefficient (Wildman–Crippen LogP) is 6.14. The smallest absolute Gasteiger partial charge is 0.264 e. The molecular weight excluding hydrogens is 569 g/mol. The summed E-state index contributed by atoms with van der Waals surface area (Å²) in [5, 5.41) is 3.55.